The van der Waals surface area contributed by atoms with Gasteiger partial charge >= 0.3 is 0 Å². The van der Waals surface area contributed by atoms with Crippen molar-refractivity contribution in [3.05, 3.63) is 108 Å². The largest absolute Gasteiger partial charge is 0.489 e. The van der Waals surface area contributed by atoms with Gasteiger partial charge in [-0.3, -0.25) is 14.7 Å². The number of hydrogen-bond donors (Lipinski definition) is 0. The molecule has 0 aliphatic rings. The summed E-state index contributed by atoms with van der Waals surface area (Å²) in [5.74, 6) is 1.20. The van der Waals surface area contributed by atoms with Gasteiger partial charge in [0.2, 0.25) is 6.54 Å². The van der Waals surface area contributed by atoms with Crippen molar-refractivity contribution < 1.29 is 9.66 Å². The van der Waals surface area contributed by atoms with Crippen LogP contribution in [0, 0.1) is 24.0 Å². The fourth-order valence-corrected chi connectivity index (χ4v) is 5.60. The fraction of sp³-hybridized carbons (Fsp3) is 0.200. The van der Waals surface area contributed by atoms with Gasteiger partial charge in [0.1, 0.15) is 23.4 Å². The molecule has 11 heteroatoms. The Kier molecular flexibility index (Phi) is 8.56. The van der Waals surface area contributed by atoms with Crippen molar-refractivity contribution in [2.24, 2.45) is 0 Å². The van der Waals surface area contributed by atoms with E-state index >= 15 is 0 Å². The van der Waals surface area contributed by atoms with E-state index in [0.717, 1.165) is 21.3 Å². The van der Waals surface area contributed by atoms with Crippen LogP contribution in [-0.4, -0.2) is 26.2 Å². The topological polar surface area (TPSA) is 83.1 Å². The second kappa shape index (κ2) is 11.6. The van der Waals surface area contributed by atoms with Crippen LogP contribution in [0.4, 0.5) is 0 Å². The predicted molar refractivity (Wildman–Crippen MR) is 146 cm³/mol. The highest BCUT2D eigenvalue weighted by Gasteiger charge is 2.27. The van der Waals surface area contributed by atoms with Gasteiger partial charge in [-0.15, -0.1) is 10.2 Å². The summed E-state index contributed by atoms with van der Waals surface area (Å²) in [5, 5.41) is 21.2. The first-order chi connectivity index (χ1) is 17.2. The van der Waals surface area contributed by atoms with Gasteiger partial charge in [-0.1, -0.05) is 74.7 Å². The summed E-state index contributed by atoms with van der Waals surface area (Å²) >= 11 is 17.1. The summed E-state index contributed by atoms with van der Waals surface area (Å²) < 4.78 is 8.77. The standard InChI is InChI=1S/C25H21BrCl2N4O3S/c1-15-3-8-20(9-4-15)32-16(2)29-30-25(32)36-24(13-31(33)34)21-11-18(26)6-10-23(21)35-14-17-5-7-19(27)12-22(17)28/h3-12,24H,13-14H2,1-2H3/t24-/m0/s1. The summed E-state index contributed by atoms with van der Waals surface area (Å²) in [5.41, 5.74) is 3.42. The number of benzene rings is 3. The predicted octanol–water partition coefficient (Wildman–Crippen LogP) is 7.64. The van der Waals surface area contributed by atoms with E-state index in [4.69, 9.17) is 27.9 Å². The Morgan fingerprint density at radius 1 is 1.08 bits per heavy atom. The summed E-state index contributed by atoms with van der Waals surface area (Å²) in [7, 11) is 0. The van der Waals surface area contributed by atoms with Crippen LogP contribution in [0.3, 0.4) is 0 Å². The lowest BCUT2D eigenvalue weighted by atomic mass is 10.1. The first-order valence-corrected chi connectivity index (χ1v) is 13.3. The van der Waals surface area contributed by atoms with Gasteiger partial charge in [0, 0.05) is 36.3 Å². The molecule has 0 aliphatic carbocycles. The number of halogens is 3. The van der Waals surface area contributed by atoms with Crippen LogP contribution in [0.15, 0.2) is 70.3 Å². The van der Waals surface area contributed by atoms with E-state index in [2.05, 4.69) is 26.1 Å². The Morgan fingerprint density at radius 2 is 1.83 bits per heavy atom. The molecule has 0 saturated carbocycles. The molecule has 1 aromatic heterocycles. The monoisotopic (exact) mass is 606 g/mol. The van der Waals surface area contributed by atoms with E-state index in [9.17, 15) is 10.1 Å². The fourth-order valence-electron chi connectivity index (χ4n) is 3.57. The molecule has 4 aromatic rings. The maximum Gasteiger partial charge on any atom is 0.220 e. The molecule has 1 atom stereocenters. The molecule has 0 aliphatic heterocycles. The minimum atomic E-state index is -0.596. The molecule has 4 rings (SSSR count). The Balaban J connectivity index is 1.68. The van der Waals surface area contributed by atoms with Crippen LogP contribution in [0.25, 0.3) is 5.69 Å². The molecule has 0 amide bonds. The van der Waals surface area contributed by atoms with Crippen LogP contribution < -0.4 is 4.74 Å². The smallest absolute Gasteiger partial charge is 0.220 e. The maximum absolute atomic E-state index is 11.7. The van der Waals surface area contributed by atoms with Gasteiger partial charge in [0.15, 0.2) is 5.16 Å². The number of aromatic nitrogens is 3. The molecule has 186 valence electrons. The molecule has 7 nitrogen and oxygen atoms in total. The minimum absolute atomic E-state index is 0.180. The Hall–Kier alpha value is -2.59. The first-order valence-electron chi connectivity index (χ1n) is 10.8. The lowest BCUT2D eigenvalue weighted by Gasteiger charge is -2.19. The van der Waals surface area contributed by atoms with Crippen molar-refractivity contribution in [1.82, 2.24) is 14.8 Å². The molecule has 0 unspecified atom stereocenters. The molecule has 1 heterocycles. The van der Waals surface area contributed by atoms with Gasteiger partial charge < -0.3 is 4.74 Å². The van der Waals surface area contributed by atoms with E-state index in [0.29, 0.717) is 32.3 Å². The van der Waals surface area contributed by atoms with Crippen LogP contribution in [0.5, 0.6) is 5.75 Å². The molecule has 36 heavy (non-hydrogen) atoms. The highest BCUT2D eigenvalue weighted by atomic mass is 79.9. The molecule has 0 N–H and O–H groups in total. The molecule has 0 bridgehead atoms. The third-order valence-electron chi connectivity index (χ3n) is 5.37. The van der Waals surface area contributed by atoms with Crippen molar-refractivity contribution in [1.29, 1.82) is 0 Å². The van der Waals surface area contributed by atoms with E-state index in [-0.39, 0.29) is 18.1 Å². The van der Waals surface area contributed by atoms with Crippen molar-refractivity contribution >= 4 is 50.9 Å². The van der Waals surface area contributed by atoms with Crippen molar-refractivity contribution in [3.8, 4) is 11.4 Å². The van der Waals surface area contributed by atoms with Crippen LogP contribution >= 0.6 is 50.9 Å². The molecular weight excluding hydrogens is 587 g/mol. The zero-order chi connectivity index (χ0) is 25.8. The first kappa shape index (κ1) is 26.5. The van der Waals surface area contributed by atoms with Gasteiger partial charge in [-0.05, 0) is 56.3 Å². The Labute approximate surface area is 231 Å². The van der Waals surface area contributed by atoms with Crippen molar-refractivity contribution in [2.45, 2.75) is 30.9 Å². The quantitative estimate of drug-likeness (QED) is 0.110. The van der Waals surface area contributed by atoms with Gasteiger partial charge in [-0.2, -0.15) is 0 Å². The average Bonchev–Trinajstić information content (AvgIpc) is 3.19. The molecule has 0 spiro atoms. The number of rotatable bonds is 9. The number of nitrogens with zero attached hydrogens (tertiary/aromatic N) is 4. The zero-order valence-corrected chi connectivity index (χ0v) is 23.2. The average molecular weight is 608 g/mol. The Morgan fingerprint density at radius 3 is 2.53 bits per heavy atom. The normalized spacial score (nSPS) is 11.9. The van der Waals surface area contributed by atoms with Crippen molar-refractivity contribution in [3.63, 3.8) is 0 Å². The number of hydrogen-bond acceptors (Lipinski definition) is 6. The third kappa shape index (κ3) is 6.39. The number of aryl methyl sites for hydroxylation is 2. The highest BCUT2D eigenvalue weighted by Crippen LogP contribution is 2.41. The SMILES string of the molecule is Cc1ccc(-n2c(C)nnc2S[C@@H](C[N+](=O)[O-])c2cc(Br)ccc2OCc2ccc(Cl)cc2Cl)cc1. The lowest BCUT2D eigenvalue weighted by Crippen LogP contribution is -2.13. The van der Waals surface area contributed by atoms with Gasteiger partial charge in [0.05, 0.1) is 0 Å². The number of nitro groups is 1. The molecular formula is C25H21BrCl2N4O3S. The highest BCUT2D eigenvalue weighted by molar-refractivity contribution is 9.10. The second-order valence-electron chi connectivity index (χ2n) is 8.03. The summed E-state index contributed by atoms with van der Waals surface area (Å²) in [4.78, 5) is 11.4. The molecule has 0 fully saturated rings. The molecule has 0 saturated heterocycles. The zero-order valence-electron chi connectivity index (χ0n) is 19.3. The number of thioether (sulfide) groups is 1. The number of ether oxygens (including phenoxy) is 1. The van der Waals surface area contributed by atoms with E-state index in [1.54, 1.807) is 24.3 Å². The van der Waals surface area contributed by atoms with E-state index < -0.39 is 5.25 Å². The lowest BCUT2D eigenvalue weighted by molar-refractivity contribution is -0.479. The van der Waals surface area contributed by atoms with E-state index in [1.165, 1.54) is 11.8 Å². The maximum atomic E-state index is 11.7. The van der Waals surface area contributed by atoms with Gasteiger partial charge in [0.25, 0.3) is 0 Å². The third-order valence-corrected chi connectivity index (χ3v) is 7.61. The molecule has 0 radical (unpaired) electrons. The molecule has 3 aromatic carbocycles. The van der Waals surface area contributed by atoms with Gasteiger partial charge in [-0.25, -0.2) is 0 Å². The minimum Gasteiger partial charge on any atom is -0.489 e. The van der Waals surface area contributed by atoms with Crippen molar-refractivity contribution in [2.75, 3.05) is 6.54 Å². The Bertz CT molecular complexity index is 1400. The summed E-state index contributed by atoms with van der Waals surface area (Å²) in [6.45, 7) is 3.71. The second-order valence-corrected chi connectivity index (χ2v) is 11.0. The summed E-state index contributed by atoms with van der Waals surface area (Å²) in [6.07, 6.45) is 0. The van der Waals surface area contributed by atoms with E-state index in [1.807, 2.05) is 54.8 Å². The van der Waals surface area contributed by atoms with Crippen LogP contribution in [0.1, 0.15) is 27.8 Å². The summed E-state index contributed by atoms with van der Waals surface area (Å²) in [6, 6.07) is 18.6. The van der Waals surface area contributed by atoms with Crippen LogP contribution in [0.2, 0.25) is 10.0 Å². The van der Waals surface area contributed by atoms with Crippen LogP contribution in [-0.2, 0) is 6.61 Å².